The third-order valence-corrected chi connectivity index (χ3v) is 2.74. The van der Waals surface area contributed by atoms with Crippen molar-refractivity contribution >= 4 is 0 Å². The lowest BCUT2D eigenvalue weighted by Crippen LogP contribution is -2.15. The maximum Gasteiger partial charge on any atom is 0.0492 e. The number of aromatic nitrogens is 2. The number of hydrogen-bond donors (Lipinski definition) is 1. The minimum Gasteiger partial charge on any atom is -0.330 e. The first kappa shape index (κ1) is 8.75. The minimum absolute atomic E-state index is 0.432. The van der Waals surface area contributed by atoms with Gasteiger partial charge in [-0.1, -0.05) is 6.92 Å². The van der Waals surface area contributed by atoms with Gasteiger partial charge in [0.05, 0.1) is 0 Å². The van der Waals surface area contributed by atoms with Crippen LogP contribution in [0.1, 0.15) is 31.4 Å². The quantitative estimate of drug-likeness (QED) is 0.758. The second-order valence-corrected chi connectivity index (χ2v) is 4.02. The Kier molecular flexibility index (Phi) is 2.36. The van der Waals surface area contributed by atoms with Gasteiger partial charge in [0.25, 0.3) is 0 Å². The van der Waals surface area contributed by atoms with Gasteiger partial charge < -0.3 is 5.73 Å². The normalized spacial score (nSPS) is 18.9. The molecule has 1 fully saturated rings. The van der Waals surface area contributed by atoms with Crippen LogP contribution >= 0.6 is 0 Å². The summed E-state index contributed by atoms with van der Waals surface area (Å²) in [4.78, 5) is 0. The van der Waals surface area contributed by atoms with Crippen LogP contribution in [0.25, 0.3) is 0 Å². The molecule has 1 aliphatic carbocycles. The lowest BCUT2D eigenvalue weighted by atomic mass is 10.1. The molecule has 2 N–H and O–H groups in total. The molecule has 3 heteroatoms. The molecule has 2 rings (SSSR count). The lowest BCUT2D eigenvalue weighted by molar-refractivity contribution is 0.520. The van der Waals surface area contributed by atoms with E-state index in [1.165, 1.54) is 18.5 Å². The fourth-order valence-corrected chi connectivity index (χ4v) is 1.58. The second-order valence-electron chi connectivity index (χ2n) is 4.02. The summed E-state index contributed by atoms with van der Waals surface area (Å²) < 4.78 is 2.12. The van der Waals surface area contributed by atoms with Crippen molar-refractivity contribution < 1.29 is 0 Å². The van der Waals surface area contributed by atoms with Gasteiger partial charge in [-0.05, 0) is 24.8 Å². The Morgan fingerprint density at radius 1 is 1.69 bits per heavy atom. The molecule has 1 saturated carbocycles. The third kappa shape index (κ3) is 1.91. The first-order valence-corrected chi connectivity index (χ1v) is 5.03. The number of hydrogen-bond acceptors (Lipinski definition) is 2. The van der Waals surface area contributed by atoms with Crippen molar-refractivity contribution in [2.24, 2.45) is 11.7 Å². The predicted molar refractivity (Wildman–Crippen MR) is 52.4 cm³/mol. The molecule has 0 aromatic carbocycles. The van der Waals surface area contributed by atoms with Crippen LogP contribution in [-0.2, 0) is 6.54 Å². The van der Waals surface area contributed by atoms with E-state index in [9.17, 15) is 0 Å². The summed E-state index contributed by atoms with van der Waals surface area (Å²) in [5.41, 5.74) is 6.92. The van der Waals surface area contributed by atoms with Crippen molar-refractivity contribution in [1.29, 1.82) is 0 Å². The summed E-state index contributed by atoms with van der Waals surface area (Å²) in [6.45, 7) is 3.95. The first-order chi connectivity index (χ1) is 6.31. The van der Waals surface area contributed by atoms with Crippen LogP contribution < -0.4 is 5.73 Å². The Balaban J connectivity index is 2.09. The van der Waals surface area contributed by atoms with Crippen LogP contribution in [0.5, 0.6) is 0 Å². The van der Waals surface area contributed by atoms with Crippen molar-refractivity contribution in [2.45, 2.75) is 32.2 Å². The average molecular weight is 179 g/mol. The van der Waals surface area contributed by atoms with Crippen LogP contribution in [0.2, 0.25) is 0 Å². The smallest absolute Gasteiger partial charge is 0.0492 e. The van der Waals surface area contributed by atoms with Gasteiger partial charge in [-0.2, -0.15) is 5.10 Å². The maximum absolute atomic E-state index is 5.64. The molecule has 0 radical (unpaired) electrons. The van der Waals surface area contributed by atoms with Gasteiger partial charge in [0.15, 0.2) is 0 Å². The summed E-state index contributed by atoms with van der Waals surface area (Å²) in [5.74, 6) is 1.31. The van der Waals surface area contributed by atoms with E-state index < -0.39 is 0 Å². The van der Waals surface area contributed by atoms with Crippen LogP contribution in [0.4, 0.5) is 0 Å². The summed E-state index contributed by atoms with van der Waals surface area (Å²) in [6.07, 6.45) is 4.62. The lowest BCUT2D eigenvalue weighted by Gasteiger charge is -2.11. The molecule has 1 aromatic heterocycles. The molecule has 1 aromatic rings. The third-order valence-electron chi connectivity index (χ3n) is 2.74. The predicted octanol–water partition coefficient (Wildman–Crippen LogP) is 1.36. The SMILES string of the molecule is CC(CN)c1ccnn1CC1CC1. The summed E-state index contributed by atoms with van der Waals surface area (Å²) >= 11 is 0. The Morgan fingerprint density at radius 3 is 3.08 bits per heavy atom. The molecule has 1 atom stereocenters. The topological polar surface area (TPSA) is 43.8 Å². The van der Waals surface area contributed by atoms with E-state index in [4.69, 9.17) is 5.73 Å². The van der Waals surface area contributed by atoms with Gasteiger partial charge in [0.2, 0.25) is 0 Å². The van der Waals surface area contributed by atoms with Crippen molar-refractivity contribution in [1.82, 2.24) is 9.78 Å². The highest BCUT2D eigenvalue weighted by Gasteiger charge is 2.23. The van der Waals surface area contributed by atoms with E-state index >= 15 is 0 Å². The largest absolute Gasteiger partial charge is 0.330 e. The Labute approximate surface area is 78.9 Å². The zero-order valence-electron chi connectivity index (χ0n) is 8.11. The van der Waals surface area contributed by atoms with E-state index in [0.717, 1.165) is 12.5 Å². The van der Waals surface area contributed by atoms with E-state index in [-0.39, 0.29) is 0 Å². The van der Waals surface area contributed by atoms with Crippen molar-refractivity contribution in [3.05, 3.63) is 18.0 Å². The van der Waals surface area contributed by atoms with Crippen LogP contribution in [0.15, 0.2) is 12.3 Å². The molecule has 3 nitrogen and oxygen atoms in total. The standard InChI is InChI=1S/C10H17N3/c1-8(6-11)10-4-5-12-13(10)7-9-2-3-9/h4-5,8-9H,2-3,6-7,11H2,1H3. The molecule has 0 saturated heterocycles. The highest BCUT2D eigenvalue weighted by Crippen LogP contribution is 2.31. The summed E-state index contributed by atoms with van der Waals surface area (Å²) in [7, 11) is 0. The summed E-state index contributed by atoms with van der Waals surface area (Å²) in [5, 5.41) is 4.33. The molecular weight excluding hydrogens is 162 g/mol. The number of nitrogens with zero attached hydrogens (tertiary/aromatic N) is 2. The zero-order chi connectivity index (χ0) is 9.26. The van der Waals surface area contributed by atoms with E-state index in [1.807, 2.05) is 6.20 Å². The fourth-order valence-electron chi connectivity index (χ4n) is 1.58. The molecule has 1 unspecified atom stereocenters. The van der Waals surface area contributed by atoms with Gasteiger partial charge >= 0.3 is 0 Å². The second kappa shape index (κ2) is 3.50. The molecule has 1 aliphatic rings. The average Bonchev–Trinajstić information content (AvgIpc) is 2.82. The van der Waals surface area contributed by atoms with E-state index in [1.54, 1.807) is 0 Å². The molecule has 72 valence electrons. The van der Waals surface area contributed by atoms with Gasteiger partial charge in [-0.25, -0.2) is 0 Å². The van der Waals surface area contributed by atoms with Crippen LogP contribution in [0, 0.1) is 5.92 Å². The van der Waals surface area contributed by atoms with E-state index in [0.29, 0.717) is 12.5 Å². The monoisotopic (exact) mass is 179 g/mol. The Morgan fingerprint density at radius 2 is 2.46 bits per heavy atom. The number of nitrogens with two attached hydrogens (primary N) is 1. The number of rotatable bonds is 4. The molecule has 0 spiro atoms. The maximum atomic E-state index is 5.64. The van der Waals surface area contributed by atoms with Crippen LogP contribution in [0.3, 0.4) is 0 Å². The Hall–Kier alpha value is -0.830. The van der Waals surface area contributed by atoms with Gasteiger partial charge in [-0.15, -0.1) is 0 Å². The van der Waals surface area contributed by atoms with Gasteiger partial charge in [-0.3, -0.25) is 4.68 Å². The molecule has 0 bridgehead atoms. The summed E-state index contributed by atoms with van der Waals surface area (Å²) in [6, 6.07) is 2.08. The van der Waals surface area contributed by atoms with Gasteiger partial charge in [0, 0.05) is 30.9 Å². The van der Waals surface area contributed by atoms with Crippen LogP contribution in [-0.4, -0.2) is 16.3 Å². The highest BCUT2D eigenvalue weighted by atomic mass is 15.3. The molecule has 13 heavy (non-hydrogen) atoms. The molecule has 0 amide bonds. The highest BCUT2D eigenvalue weighted by molar-refractivity contribution is 5.07. The fraction of sp³-hybridized carbons (Fsp3) is 0.700. The zero-order valence-corrected chi connectivity index (χ0v) is 8.11. The van der Waals surface area contributed by atoms with Gasteiger partial charge in [0.1, 0.15) is 0 Å². The van der Waals surface area contributed by atoms with E-state index in [2.05, 4.69) is 22.8 Å². The van der Waals surface area contributed by atoms with Crippen molar-refractivity contribution in [3.63, 3.8) is 0 Å². The minimum atomic E-state index is 0.432. The van der Waals surface area contributed by atoms with Crippen molar-refractivity contribution in [3.8, 4) is 0 Å². The first-order valence-electron chi connectivity index (χ1n) is 5.03. The van der Waals surface area contributed by atoms with Crippen molar-refractivity contribution in [2.75, 3.05) is 6.54 Å². The molecular formula is C10H17N3. The molecule has 1 heterocycles. The Bertz CT molecular complexity index is 275. The molecule has 0 aliphatic heterocycles.